The Bertz CT molecular complexity index is 1820. The minimum atomic E-state index is -1.23. The molecule has 3 N–H and O–H groups in total. The number of nitrogens with zero attached hydrogens (tertiary/aromatic N) is 3. The fraction of sp³-hybridized carbons (Fsp3) is 0.477. The zero-order chi connectivity index (χ0) is 43.3. The number of phenols is 2. The highest BCUT2D eigenvalue weighted by atomic mass is 16.6. The summed E-state index contributed by atoms with van der Waals surface area (Å²) in [6, 6.07) is 15.6. The molecule has 0 radical (unpaired) electrons. The van der Waals surface area contributed by atoms with Crippen LogP contribution in [0, 0.1) is 11.8 Å². The van der Waals surface area contributed by atoms with Crippen molar-refractivity contribution in [3.63, 3.8) is 0 Å². The number of hydrogen-bond donors (Lipinski definition) is 3. The Hall–Kier alpha value is -5.63. The fourth-order valence-corrected chi connectivity index (χ4v) is 6.43. The van der Waals surface area contributed by atoms with Gasteiger partial charge in [-0.25, -0.2) is 4.79 Å². The van der Waals surface area contributed by atoms with Crippen LogP contribution in [0.4, 0.5) is 0 Å². The van der Waals surface area contributed by atoms with Crippen molar-refractivity contribution in [2.24, 2.45) is 11.8 Å². The minimum Gasteiger partial charge on any atom is -0.508 e. The van der Waals surface area contributed by atoms with E-state index < -0.39 is 71.8 Å². The summed E-state index contributed by atoms with van der Waals surface area (Å²) in [6.45, 7) is 7.18. The van der Waals surface area contributed by atoms with Gasteiger partial charge in [0.2, 0.25) is 11.8 Å². The summed E-state index contributed by atoms with van der Waals surface area (Å²) in [7, 11) is 9.21. The highest BCUT2D eigenvalue weighted by Gasteiger charge is 2.40. The van der Waals surface area contributed by atoms with E-state index in [1.807, 2.05) is 19.1 Å². The number of rotatable bonds is 20. The molecule has 3 aromatic carbocycles. The molecule has 0 aliphatic carbocycles. The highest BCUT2D eigenvalue weighted by Crippen LogP contribution is 2.22. The van der Waals surface area contributed by atoms with Gasteiger partial charge >= 0.3 is 11.9 Å². The number of methoxy groups -OCH3 is 2. The summed E-state index contributed by atoms with van der Waals surface area (Å²) in [5, 5.41) is 22.6. The number of likely N-dealkylation sites (N-methyl/N-ethyl adjacent to an activating group) is 3. The van der Waals surface area contributed by atoms with Crippen LogP contribution in [0.15, 0.2) is 72.8 Å². The number of hydrogen-bond acceptors (Lipinski definition) is 11. The molecule has 0 saturated heterocycles. The normalized spacial score (nSPS) is 14.3. The maximum Gasteiger partial charge on any atom is 0.328 e. The van der Waals surface area contributed by atoms with Crippen LogP contribution in [0.25, 0.3) is 0 Å². The summed E-state index contributed by atoms with van der Waals surface area (Å²) in [6.07, 6.45) is -0.341. The van der Waals surface area contributed by atoms with Crippen molar-refractivity contribution in [1.82, 2.24) is 20.0 Å². The molecule has 0 fully saturated rings. The summed E-state index contributed by atoms with van der Waals surface area (Å²) in [5.41, 5.74) is 2.15. The molecule has 3 aromatic rings. The van der Waals surface area contributed by atoms with Crippen molar-refractivity contribution in [2.45, 2.75) is 83.6 Å². The lowest BCUT2D eigenvalue weighted by Crippen LogP contribution is -2.59. The molecule has 0 unspecified atom stereocenters. The molecule has 6 atom stereocenters. The van der Waals surface area contributed by atoms with Crippen LogP contribution in [-0.4, -0.2) is 127 Å². The molecule has 3 rings (SSSR count). The third kappa shape index (κ3) is 12.7. The van der Waals surface area contributed by atoms with Crippen LogP contribution in [0.2, 0.25) is 0 Å². The molecule has 0 heterocycles. The Labute approximate surface area is 342 Å². The number of aromatic hydroxyl groups is 2. The summed E-state index contributed by atoms with van der Waals surface area (Å²) in [5.74, 6) is -3.22. The number of nitrogens with one attached hydrogen (secondary N) is 1. The van der Waals surface area contributed by atoms with E-state index in [9.17, 15) is 34.2 Å². The Morgan fingerprint density at radius 2 is 1.09 bits per heavy atom. The molecule has 0 spiro atoms. The number of phenolic OH excluding ortho intramolecular Hbond substituents is 2. The largest absolute Gasteiger partial charge is 0.508 e. The SMILES string of the molecule is CC[C@H](C)[C@H](OC(=O)[C@H](Cc1ccc(OC)cc1)N(C)C)C(=O)N[C@H](C(=O)N(C)[C@@H](Cc1ccc(O)cc1)C(=O)N(C)[C@H](Cc1ccc(O)cc1)C(=O)OC)C(C)C. The number of esters is 2. The van der Waals surface area contributed by atoms with Gasteiger partial charge in [0.05, 0.1) is 14.2 Å². The molecule has 0 aliphatic rings. The van der Waals surface area contributed by atoms with Gasteiger partial charge in [-0.2, -0.15) is 0 Å². The molecular formula is C44H60N4O10. The van der Waals surface area contributed by atoms with E-state index in [4.69, 9.17) is 14.2 Å². The number of carbonyl (C=O) groups is 5. The number of amides is 3. The minimum absolute atomic E-state index is 0.00475. The van der Waals surface area contributed by atoms with E-state index in [1.54, 1.807) is 83.3 Å². The second kappa shape index (κ2) is 21.8. The lowest BCUT2D eigenvalue weighted by atomic mass is 9.96. The maximum absolute atomic E-state index is 14.5. The first-order valence-corrected chi connectivity index (χ1v) is 19.4. The van der Waals surface area contributed by atoms with Crippen LogP contribution in [-0.2, 0) is 52.7 Å². The number of ether oxygens (including phenoxy) is 3. The Morgan fingerprint density at radius 3 is 1.52 bits per heavy atom. The molecular weight excluding hydrogens is 745 g/mol. The maximum atomic E-state index is 14.5. The molecule has 3 amide bonds. The second-order valence-electron chi connectivity index (χ2n) is 15.2. The van der Waals surface area contributed by atoms with Crippen LogP contribution >= 0.6 is 0 Å². The summed E-state index contributed by atoms with van der Waals surface area (Å²) in [4.78, 5) is 74.2. The standard InChI is InChI=1S/C44H60N4O10/c1-11-28(4)39(58-44(55)36(46(5)6)25-31-16-22-34(56-9)23-17-31)40(51)45-38(27(2)3)42(53)47(7)35(24-29-12-18-32(49)19-13-29)41(52)48(8)37(43(54)57-10)26-30-14-20-33(50)21-15-30/h12-23,27-28,35-39,49-50H,11,24-26H2,1-10H3,(H,45,51)/t28-,35-,36-,37+,38-,39-/m0/s1. The first-order valence-electron chi connectivity index (χ1n) is 19.4. The van der Waals surface area contributed by atoms with Gasteiger partial charge in [0, 0.05) is 32.9 Å². The van der Waals surface area contributed by atoms with Gasteiger partial charge in [0.25, 0.3) is 5.91 Å². The quantitative estimate of drug-likeness (QED) is 0.141. The zero-order valence-corrected chi connectivity index (χ0v) is 35.3. The summed E-state index contributed by atoms with van der Waals surface area (Å²) >= 11 is 0. The summed E-state index contributed by atoms with van der Waals surface area (Å²) < 4.78 is 16.3. The molecule has 0 aromatic heterocycles. The van der Waals surface area contributed by atoms with Gasteiger partial charge in [-0.1, -0.05) is 64.1 Å². The second-order valence-corrected chi connectivity index (χ2v) is 15.2. The predicted octanol–water partition coefficient (Wildman–Crippen LogP) is 3.99. The van der Waals surface area contributed by atoms with Crippen molar-refractivity contribution in [2.75, 3.05) is 42.4 Å². The van der Waals surface area contributed by atoms with Gasteiger partial charge in [-0.05, 0) is 85.9 Å². The first kappa shape index (κ1) is 46.8. The third-order valence-electron chi connectivity index (χ3n) is 10.5. The number of benzene rings is 3. The lowest BCUT2D eigenvalue weighted by molar-refractivity contribution is -0.164. The van der Waals surface area contributed by atoms with Crippen LogP contribution < -0.4 is 10.1 Å². The molecule has 0 saturated carbocycles. The molecule has 14 nitrogen and oxygen atoms in total. The van der Waals surface area contributed by atoms with Crippen LogP contribution in [0.3, 0.4) is 0 Å². The molecule has 58 heavy (non-hydrogen) atoms. The number of carbonyl (C=O) groups excluding carboxylic acids is 5. The van der Waals surface area contributed by atoms with E-state index in [-0.39, 0.29) is 24.3 Å². The van der Waals surface area contributed by atoms with Gasteiger partial charge in [0.1, 0.15) is 41.4 Å². The van der Waals surface area contributed by atoms with Gasteiger partial charge in [-0.15, -0.1) is 0 Å². The van der Waals surface area contributed by atoms with E-state index in [1.165, 1.54) is 55.3 Å². The Morgan fingerprint density at radius 1 is 0.638 bits per heavy atom. The third-order valence-corrected chi connectivity index (χ3v) is 10.5. The van der Waals surface area contributed by atoms with Crippen LogP contribution in [0.5, 0.6) is 17.2 Å². The molecule has 0 aliphatic heterocycles. The molecule has 0 bridgehead atoms. The van der Waals surface area contributed by atoms with Crippen molar-refractivity contribution < 1.29 is 48.4 Å². The topological polar surface area (TPSA) is 175 Å². The predicted molar refractivity (Wildman–Crippen MR) is 219 cm³/mol. The van der Waals surface area contributed by atoms with E-state index in [0.717, 1.165) is 5.56 Å². The van der Waals surface area contributed by atoms with E-state index in [2.05, 4.69) is 5.32 Å². The van der Waals surface area contributed by atoms with Crippen molar-refractivity contribution >= 4 is 29.7 Å². The zero-order valence-electron chi connectivity index (χ0n) is 35.3. The van der Waals surface area contributed by atoms with Gasteiger partial charge in [-0.3, -0.25) is 24.1 Å². The van der Waals surface area contributed by atoms with Crippen LogP contribution in [0.1, 0.15) is 50.8 Å². The van der Waals surface area contributed by atoms with Gasteiger partial charge in [0.15, 0.2) is 6.10 Å². The highest BCUT2D eigenvalue weighted by molar-refractivity contribution is 5.95. The average Bonchev–Trinajstić information content (AvgIpc) is 3.21. The monoisotopic (exact) mass is 804 g/mol. The van der Waals surface area contributed by atoms with Crippen molar-refractivity contribution in [1.29, 1.82) is 0 Å². The molecule has 316 valence electrons. The Balaban J connectivity index is 1.92. The fourth-order valence-electron chi connectivity index (χ4n) is 6.43. The smallest absolute Gasteiger partial charge is 0.328 e. The first-order chi connectivity index (χ1) is 27.4. The van der Waals surface area contributed by atoms with Crippen molar-refractivity contribution in [3.05, 3.63) is 89.5 Å². The van der Waals surface area contributed by atoms with Crippen molar-refractivity contribution in [3.8, 4) is 17.2 Å². The molecule has 14 heteroatoms. The Kier molecular flexibility index (Phi) is 17.5. The lowest BCUT2D eigenvalue weighted by Gasteiger charge is -2.36. The average molecular weight is 805 g/mol. The van der Waals surface area contributed by atoms with E-state index >= 15 is 0 Å². The van der Waals surface area contributed by atoms with Gasteiger partial charge < -0.3 is 39.5 Å². The van der Waals surface area contributed by atoms with E-state index in [0.29, 0.717) is 29.7 Å².